The third-order valence-corrected chi connectivity index (χ3v) is 5.62. The van der Waals surface area contributed by atoms with Crippen molar-refractivity contribution in [1.82, 2.24) is 9.78 Å². The summed E-state index contributed by atoms with van der Waals surface area (Å²) in [5, 5.41) is 7.16. The lowest BCUT2D eigenvalue weighted by Crippen LogP contribution is -2.13. The maximum Gasteiger partial charge on any atom is 0.256 e. The number of carbonyl (C=O) groups excluding carboxylic acids is 1. The number of halogens is 6. The standard InChI is InChI=1S/C25H17ClF5N3O2/c1-13-9-21(33-34(13)11-16-17(26)3-2-4-18(16)27)32-25(35)15-7-5-14(6-8-15)12-36-24-22(30)19(28)10-20(29)23(24)31/h2-10H,11-12H2,1H3,(H,32,33,35). The maximum absolute atomic E-state index is 14.1. The maximum atomic E-state index is 14.1. The van der Waals surface area contributed by atoms with Crippen LogP contribution in [-0.2, 0) is 13.2 Å². The van der Waals surface area contributed by atoms with Crippen LogP contribution in [-0.4, -0.2) is 15.7 Å². The number of rotatable bonds is 7. The minimum absolute atomic E-state index is 0.0678. The van der Waals surface area contributed by atoms with Gasteiger partial charge in [0.05, 0.1) is 6.54 Å². The first-order valence-corrected chi connectivity index (χ1v) is 10.8. The summed E-state index contributed by atoms with van der Waals surface area (Å²) in [4.78, 5) is 12.6. The number of amides is 1. The van der Waals surface area contributed by atoms with Crippen LogP contribution in [0.5, 0.6) is 5.75 Å². The fraction of sp³-hybridized carbons (Fsp3) is 0.120. The Labute approximate surface area is 207 Å². The Morgan fingerprint density at radius 1 is 0.972 bits per heavy atom. The molecule has 1 amide bonds. The summed E-state index contributed by atoms with van der Waals surface area (Å²) in [5.74, 6) is -8.35. The van der Waals surface area contributed by atoms with E-state index in [0.717, 1.165) is 0 Å². The van der Waals surface area contributed by atoms with Gasteiger partial charge < -0.3 is 10.1 Å². The summed E-state index contributed by atoms with van der Waals surface area (Å²) in [6.07, 6.45) is 0. The smallest absolute Gasteiger partial charge is 0.256 e. The van der Waals surface area contributed by atoms with Crippen molar-refractivity contribution in [2.24, 2.45) is 0 Å². The zero-order valence-corrected chi connectivity index (χ0v) is 19.3. The van der Waals surface area contributed by atoms with Gasteiger partial charge in [-0.05, 0) is 36.8 Å². The molecule has 11 heteroatoms. The van der Waals surface area contributed by atoms with E-state index in [0.29, 0.717) is 11.3 Å². The van der Waals surface area contributed by atoms with Gasteiger partial charge in [-0.25, -0.2) is 13.2 Å². The molecule has 1 aromatic heterocycles. The molecule has 186 valence electrons. The quantitative estimate of drug-likeness (QED) is 0.225. The zero-order chi connectivity index (χ0) is 26.0. The molecule has 0 fully saturated rings. The molecule has 5 nitrogen and oxygen atoms in total. The minimum atomic E-state index is -1.64. The van der Waals surface area contributed by atoms with Gasteiger partial charge in [0.1, 0.15) is 12.4 Å². The fourth-order valence-electron chi connectivity index (χ4n) is 3.34. The molecule has 36 heavy (non-hydrogen) atoms. The van der Waals surface area contributed by atoms with E-state index in [4.69, 9.17) is 16.3 Å². The van der Waals surface area contributed by atoms with Crippen molar-refractivity contribution in [3.8, 4) is 5.75 Å². The Morgan fingerprint density at radius 3 is 2.28 bits per heavy atom. The molecule has 0 aliphatic rings. The Hall–Kier alpha value is -3.92. The number of benzene rings is 3. The van der Waals surface area contributed by atoms with Crippen LogP contribution < -0.4 is 10.1 Å². The lowest BCUT2D eigenvalue weighted by Gasteiger charge is -2.10. The number of hydrogen-bond donors (Lipinski definition) is 1. The van der Waals surface area contributed by atoms with Crippen molar-refractivity contribution in [3.05, 3.63) is 111 Å². The molecule has 0 saturated heterocycles. The molecule has 1 N–H and O–H groups in total. The molecule has 0 atom stereocenters. The molecule has 0 aliphatic carbocycles. The normalized spacial score (nSPS) is 11.0. The summed E-state index contributed by atoms with van der Waals surface area (Å²) in [7, 11) is 0. The van der Waals surface area contributed by atoms with E-state index in [9.17, 15) is 26.7 Å². The van der Waals surface area contributed by atoms with Crippen molar-refractivity contribution < 1.29 is 31.5 Å². The zero-order valence-electron chi connectivity index (χ0n) is 18.6. The van der Waals surface area contributed by atoms with Gasteiger partial charge in [0.2, 0.25) is 11.6 Å². The predicted octanol–water partition coefficient (Wildman–Crippen LogP) is 6.42. The molecule has 0 unspecified atom stereocenters. The fourth-order valence-corrected chi connectivity index (χ4v) is 3.56. The molecule has 4 aromatic rings. The van der Waals surface area contributed by atoms with Gasteiger partial charge in [-0.2, -0.15) is 13.9 Å². The SMILES string of the molecule is Cc1cc(NC(=O)c2ccc(COc3c(F)c(F)cc(F)c3F)cc2)nn1Cc1c(F)cccc1Cl. The summed E-state index contributed by atoms with van der Waals surface area (Å²) in [6.45, 7) is 1.40. The molecule has 3 aromatic carbocycles. The van der Waals surface area contributed by atoms with Crippen molar-refractivity contribution in [2.45, 2.75) is 20.1 Å². The van der Waals surface area contributed by atoms with E-state index in [1.165, 1.54) is 41.1 Å². The number of hydrogen-bond acceptors (Lipinski definition) is 3. The number of aromatic nitrogens is 2. The number of nitrogens with zero attached hydrogens (tertiary/aromatic N) is 2. The average molecular weight is 522 g/mol. The predicted molar refractivity (Wildman–Crippen MR) is 122 cm³/mol. The van der Waals surface area contributed by atoms with Gasteiger partial charge in [-0.1, -0.05) is 29.8 Å². The van der Waals surface area contributed by atoms with Crippen molar-refractivity contribution in [1.29, 1.82) is 0 Å². The Balaban J connectivity index is 1.41. The van der Waals surface area contributed by atoms with Crippen molar-refractivity contribution in [3.63, 3.8) is 0 Å². The summed E-state index contributed by atoms with van der Waals surface area (Å²) < 4.78 is 74.5. The third kappa shape index (κ3) is 5.33. The minimum Gasteiger partial charge on any atom is -0.483 e. The highest BCUT2D eigenvalue weighted by Gasteiger charge is 2.21. The lowest BCUT2D eigenvalue weighted by atomic mass is 10.1. The van der Waals surface area contributed by atoms with E-state index in [1.54, 1.807) is 19.1 Å². The Kier molecular flexibility index (Phi) is 7.25. The highest BCUT2D eigenvalue weighted by atomic mass is 35.5. The van der Waals surface area contributed by atoms with Crippen LogP contribution in [0.25, 0.3) is 0 Å². The monoisotopic (exact) mass is 521 g/mol. The van der Waals surface area contributed by atoms with Crippen LogP contribution in [0.1, 0.15) is 27.2 Å². The molecule has 1 heterocycles. The Morgan fingerprint density at radius 2 is 1.64 bits per heavy atom. The van der Waals surface area contributed by atoms with E-state index in [-0.39, 0.29) is 34.6 Å². The van der Waals surface area contributed by atoms with E-state index in [1.807, 2.05) is 0 Å². The van der Waals surface area contributed by atoms with E-state index < -0.39 is 47.3 Å². The molecule has 0 bridgehead atoms. The molecular formula is C25H17ClF5N3O2. The summed E-state index contributed by atoms with van der Waals surface area (Å²) in [6, 6.07) is 11.8. The molecule has 0 radical (unpaired) electrons. The second-order valence-electron chi connectivity index (χ2n) is 7.77. The van der Waals surface area contributed by atoms with Crippen molar-refractivity contribution in [2.75, 3.05) is 5.32 Å². The van der Waals surface area contributed by atoms with E-state index >= 15 is 0 Å². The van der Waals surface area contributed by atoms with Gasteiger partial charge in [-0.3, -0.25) is 9.48 Å². The molecular weight excluding hydrogens is 505 g/mol. The largest absolute Gasteiger partial charge is 0.483 e. The van der Waals surface area contributed by atoms with Gasteiger partial charge >= 0.3 is 0 Å². The average Bonchev–Trinajstić information content (AvgIpc) is 3.19. The number of aryl methyl sites for hydroxylation is 1. The van der Waals surface area contributed by atoms with E-state index in [2.05, 4.69) is 10.4 Å². The van der Waals surface area contributed by atoms with Crippen LogP contribution >= 0.6 is 11.6 Å². The molecule has 4 rings (SSSR count). The van der Waals surface area contributed by atoms with Gasteiger partial charge in [0.25, 0.3) is 5.91 Å². The summed E-state index contributed by atoms with van der Waals surface area (Å²) >= 11 is 6.07. The molecule has 0 aliphatic heterocycles. The van der Waals surface area contributed by atoms with Gasteiger partial charge in [0.15, 0.2) is 23.2 Å². The molecule has 0 spiro atoms. The summed E-state index contributed by atoms with van der Waals surface area (Å²) in [5.41, 5.74) is 1.54. The first-order valence-electron chi connectivity index (χ1n) is 10.5. The first kappa shape index (κ1) is 25.2. The van der Waals surface area contributed by atoms with Gasteiger partial charge in [-0.15, -0.1) is 0 Å². The number of nitrogens with one attached hydrogen (secondary N) is 1. The van der Waals surface area contributed by atoms with Crippen LogP contribution in [0, 0.1) is 36.0 Å². The second kappa shape index (κ2) is 10.4. The first-order chi connectivity index (χ1) is 17.1. The van der Waals surface area contributed by atoms with Crippen LogP contribution in [0.3, 0.4) is 0 Å². The number of anilines is 1. The lowest BCUT2D eigenvalue weighted by molar-refractivity contribution is 0.102. The van der Waals surface area contributed by atoms with Crippen LogP contribution in [0.4, 0.5) is 27.8 Å². The van der Waals surface area contributed by atoms with Crippen LogP contribution in [0.2, 0.25) is 5.02 Å². The second-order valence-corrected chi connectivity index (χ2v) is 8.17. The molecule has 0 saturated carbocycles. The number of carbonyl (C=O) groups is 1. The van der Waals surface area contributed by atoms with Gasteiger partial charge in [0, 0.05) is 34.0 Å². The number of ether oxygens (including phenoxy) is 1. The highest BCUT2D eigenvalue weighted by Crippen LogP contribution is 2.27. The van der Waals surface area contributed by atoms with Crippen LogP contribution in [0.15, 0.2) is 54.6 Å². The third-order valence-electron chi connectivity index (χ3n) is 5.26. The van der Waals surface area contributed by atoms with Crippen molar-refractivity contribution >= 4 is 23.3 Å². The highest BCUT2D eigenvalue weighted by molar-refractivity contribution is 6.31. The topological polar surface area (TPSA) is 56.1 Å². The Bertz CT molecular complexity index is 1390.